The van der Waals surface area contributed by atoms with Crippen molar-refractivity contribution < 1.29 is 0 Å². The molecule has 31 heavy (non-hydrogen) atoms. The SMILES string of the molecule is c1ccc(-c2cccc(-c3ccc(-c4cc5cc6ccccc6cn5n4)cc3)c2)cc1. The zero-order chi connectivity index (χ0) is 20.6. The van der Waals surface area contributed by atoms with Gasteiger partial charge in [0.05, 0.1) is 11.2 Å². The number of pyridine rings is 1. The third-order valence-electron chi connectivity index (χ3n) is 5.81. The topological polar surface area (TPSA) is 17.3 Å². The lowest BCUT2D eigenvalue weighted by Gasteiger charge is -2.07. The van der Waals surface area contributed by atoms with Gasteiger partial charge < -0.3 is 0 Å². The van der Waals surface area contributed by atoms with Gasteiger partial charge in [0.25, 0.3) is 0 Å². The first kappa shape index (κ1) is 17.7. The summed E-state index contributed by atoms with van der Waals surface area (Å²) in [6.07, 6.45) is 2.09. The fourth-order valence-electron chi connectivity index (χ4n) is 4.15. The minimum absolute atomic E-state index is 0.986. The molecule has 0 saturated carbocycles. The number of fused-ring (bicyclic) bond motifs is 2. The molecular weight excluding hydrogens is 376 g/mol. The van der Waals surface area contributed by atoms with Gasteiger partial charge in [-0.1, -0.05) is 97.1 Å². The van der Waals surface area contributed by atoms with Gasteiger partial charge in [0.15, 0.2) is 0 Å². The van der Waals surface area contributed by atoms with Gasteiger partial charge in [-0.3, -0.25) is 0 Å². The van der Waals surface area contributed by atoms with E-state index in [4.69, 9.17) is 5.10 Å². The Balaban J connectivity index is 1.35. The molecule has 0 aliphatic carbocycles. The van der Waals surface area contributed by atoms with Crippen molar-refractivity contribution in [1.29, 1.82) is 0 Å². The summed E-state index contributed by atoms with van der Waals surface area (Å²) in [5, 5.41) is 7.23. The highest BCUT2D eigenvalue weighted by Gasteiger charge is 2.07. The van der Waals surface area contributed by atoms with Crippen LogP contribution < -0.4 is 0 Å². The first-order chi connectivity index (χ1) is 15.3. The van der Waals surface area contributed by atoms with Crippen LogP contribution in [0, 0.1) is 0 Å². The Morgan fingerprint density at radius 3 is 1.84 bits per heavy atom. The van der Waals surface area contributed by atoms with Crippen LogP contribution in [-0.4, -0.2) is 9.61 Å². The maximum absolute atomic E-state index is 4.81. The standard InChI is InChI=1S/C29H20N2/c1-2-7-21(8-3-1)24-11-6-12-25(17-24)22-13-15-23(16-14-22)29-19-28-18-26-9-4-5-10-27(26)20-31(28)30-29/h1-20H. The van der Waals surface area contributed by atoms with Gasteiger partial charge in [0, 0.05) is 17.1 Å². The zero-order valence-corrected chi connectivity index (χ0v) is 16.9. The lowest BCUT2D eigenvalue weighted by Crippen LogP contribution is -1.87. The third-order valence-corrected chi connectivity index (χ3v) is 5.81. The molecule has 6 aromatic rings. The highest BCUT2D eigenvalue weighted by Crippen LogP contribution is 2.29. The summed E-state index contributed by atoms with van der Waals surface area (Å²) in [5.41, 5.74) is 8.10. The van der Waals surface area contributed by atoms with Crippen LogP contribution in [0.2, 0.25) is 0 Å². The average molecular weight is 396 g/mol. The molecule has 0 aliphatic heterocycles. The van der Waals surface area contributed by atoms with Crippen LogP contribution in [-0.2, 0) is 0 Å². The molecule has 0 saturated heterocycles. The number of hydrogen-bond donors (Lipinski definition) is 0. The maximum atomic E-state index is 4.81. The highest BCUT2D eigenvalue weighted by atomic mass is 15.2. The van der Waals surface area contributed by atoms with Crippen LogP contribution in [0.3, 0.4) is 0 Å². The molecular formula is C29H20N2. The molecule has 4 aromatic carbocycles. The monoisotopic (exact) mass is 396 g/mol. The minimum atomic E-state index is 0.986. The molecule has 2 heterocycles. The summed E-state index contributed by atoms with van der Waals surface area (Å²) >= 11 is 0. The zero-order valence-electron chi connectivity index (χ0n) is 16.9. The molecule has 0 unspecified atom stereocenters. The number of nitrogens with zero attached hydrogens (tertiary/aromatic N) is 2. The molecule has 2 heteroatoms. The lowest BCUT2D eigenvalue weighted by molar-refractivity contribution is 0.974. The van der Waals surface area contributed by atoms with Crippen molar-refractivity contribution in [2.24, 2.45) is 0 Å². The van der Waals surface area contributed by atoms with E-state index in [1.165, 1.54) is 33.0 Å². The Hall–Kier alpha value is -4.17. The van der Waals surface area contributed by atoms with Crippen LogP contribution >= 0.6 is 0 Å². The fourth-order valence-corrected chi connectivity index (χ4v) is 4.15. The number of aromatic nitrogens is 2. The van der Waals surface area contributed by atoms with Crippen molar-refractivity contribution >= 4 is 16.3 Å². The summed E-state index contributed by atoms with van der Waals surface area (Å²) < 4.78 is 1.97. The number of hydrogen-bond acceptors (Lipinski definition) is 1. The van der Waals surface area contributed by atoms with E-state index in [0.29, 0.717) is 0 Å². The lowest BCUT2D eigenvalue weighted by atomic mass is 9.98. The van der Waals surface area contributed by atoms with E-state index in [2.05, 4.69) is 115 Å². The number of rotatable bonds is 3. The summed E-state index contributed by atoms with van der Waals surface area (Å²) in [6.45, 7) is 0. The van der Waals surface area contributed by atoms with Crippen LogP contribution in [0.4, 0.5) is 0 Å². The molecule has 0 aliphatic rings. The van der Waals surface area contributed by atoms with Gasteiger partial charge >= 0.3 is 0 Å². The molecule has 2 aromatic heterocycles. The molecule has 0 bridgehead atoms. The highest BCUT2D eigenvalue weighted by molar-refractivity contribution is 5.86. The normalized spacial score (nSPS) is 11.2. The molecule has 0 amide bonds. The average Bonchev–Trinajstić information content (AvgIpc) is 3.26. The smallest absolute Gasteiger partial charge is 0.0933 e. The van der Waals surface area contributed by atoms with E-state index >= 15 is 0 Å². The van der Waals surface area contributed by atoms with Crippen molar-refractivity contribution in [3.63, 3.8) is 0 Å². The molecule has 146 valence electrons. The van der Waals surface area contributed by atoms with Gasteiger partial charge in [-0.15, -0.1) is 0 Å². The first-order valence-corrected chi connectivity index (χ1v) is 10.5. The quantitative estimate of drug-likeness (QED) is 0.303. The second kappa shape index (κ2) is 7.26. The molecule has 0 spiro atoms. The Kier molecular flexibility index (Phi) is 4.14. The molecule has 0 fully saturated rings. The largest absolute Gasteiger partial charge is 0.240 e. The van der Waals surface area contributed by atoms with E-state index < -0.39 is 0 Å². The summed E-state index contributed by atoms with van der Waals surface area (Å²) in [4.78, 5) is 0. The van der Waals surface area contributed by atoms with Gasteiger partial charge in [-0.05, 0) is 45.8 Å². The Morgan fingerprint density at radius 2 is 1.06 bits per heavy atom. The van der Waals surface area contributed by atoms with Gasteiger partial charge in [-0.25, -0.2) is 4.52 Å². The van der Waals surface area contributed by atoms with Crippen molar-refractivity contribution in [2.45, 2.75) is 0 Å². The fraction of sp³-hybridized carbons (Fsp3) is 0. The third kappa shape index (κ3) is 3.28. The second-order valence-electron chi connectivity index (χ2n) is 7.83. The van der Waals surface area contributed by atoms with Crippen LogP contribution in [0.1, 0.15) is 0 Å². The van der Waals surface area contributed by atoms with E-state index in [-0.39, 0.29) is 0 Å². The van der Waals surface area contributed by atoms with Crippen molar-refractivity contribution in [2.75, 3.05) is 0 Å². The van der Waals surface area contributed by atoms with Crippen LogP contribution in [0.15, 0.2) is 121 Å². The first-order valence-electron chi connectivity index (χ1n) is 10.5. The molecule has 0 atom stereocenters. The maximum Gasteiger partial charge on any atom is 0.0933 e. The van der Waals surface area contributed by atoms with Crippen LogP contribution in [0.25, 0.3) is 49.8 Å². The van der Waals surface area contributed by atoms with Gasteiger partial charge in [0.1, 0.15) is 0 Å². The Labute approximate surface area is 181 Å². The summed E-state index contributed by atoms with van der Waals surface area (Å²) in [6, 6.07) is 40.6. The van der Waals surface area contributed by atoms with E-state index in [1.54, 1.807) is 0 Å². The second-order valence-corrected chi connectivity index (χ2v) is 7.83. The predicted molar refractivity (Wildman–Crippen MR) is 129 cm³/mol. The van der Waals surface area contributed by atoms with Crippen molar-refractivity contribution in [3.8, 4) is 33.5 Å². The Morgan fingerprint density at radius 1 is 0.452 bits per heavy atom. The summed E-state index contributed by atoms with van der Waals surface area (Å²) in [5.74, 6) is 0. The Bertz CT molecular complexity index is 1460. The van der Waals surface area contributed by atoms with E-state index in [0.717, 1.165) is 16.8 Å². The molecule has 6 rings (SSSR count). The van der Waals surface area contributed by atoms with Gasteiger partial charge in [-0.2, -0.15) is 5.10 Å². The van der Waals surface area contributed by atoms with E-state index in [9.17, 15) is 0 Å². The number of benzene rings is 4. The minimum Gasteiger partial charge on any atom is -0.240 e. The predicted octanol–water partition coefficient (Wildman–Crippen LogP) is 7.49. The molecule has 0 radical (unpaired) electrons. The van der Waals surface area contributed by atoms with Crippen molar-refractivity contribution in [1.82, 2.24) is 9.61 Å². The molecule has 2 nitrogen and oxygen atoms in total. The van der Waals surface area contributed by atoms with Crippen molar-refractivity contribution in [3.05, 3.63) is 121 Å². The van der Waals surface area contributed by atoms with Gasteiger partial charge in [0.2, 0.25) is 0 Å². The van der Waals surface area contributed by atoms with E-state index in [1.807, 2.05) is 10.6 Å². The molecule has 0 N–H and O–H groups in total. The van der Waals surface area contributed by atoms with Crippen LogP contribution in [0.5, 0.6) is 0 Å². The summed E-state index contributed by atoms with van der Waals surface area (Å²) in [7, 11) is 0.